The molecule has 0 spiro atoms. The number of unbranched alkanes of at least 4 members (excludes halogenated alkanes) is 1. The lowest BCUT2D eigenvalue weighted by Gasteiger charge is -2.27. The topological polar surface area (TPSA) is 450 Å². The van der Waals surface area contributed by atoms with Crippen molar-refractivity contribution in [2.24, 2.45) is 5.73 Å². The molecule has 9 amide bonds. The molecule has 1 aliphatic heterocycles. The predicted octanol–water partition coefficient (Wildman–Crippen LogP) is -0.961. The van der Waals surface area contributed by atoms with Crippen LogP contribution in [-0.4, -0.2) is 150 Å². The summed E-state index contributed by atoms with van der Waals surface area (Å²) in [6.45, 7) is 6.22. The zero-order valence-electron chi connectivity index (χ0n) is 44.5. The minimum Gasteiger partial charge on any atom is -0.508 e. The Balaban J connectivity index is 1.11. The van der Waals surface area contributed by atoms with Crippen molar-refractivity contribution in [2.45, 2.75) is 122 Å². The molecule has 3 aromatic rings. The monoisotopic (exact) mass is 1130 g/mol. The summed E-state index contributed by atoms with van der Waals surface area (Å²) in [5.74, 6) is -10.3. The number of nitrogens with zero attached hydrogens (tertiary/aromatic N) is 1. The van der Waals surface area contributed by atoms with Crippen LogP contribution in [0.15, 0.2) is 76.3 Å². The van der Waals surface area contributed by atoms with Crippen molar-refractivity contribution in [3.8, 4) is 28.2 Å². The van der Waals surface area contributed by atoms with Crippen molar-refractivity contribution < 1.29 is 77.6 Å². The fraction of sp³-hybridized carbons (Fsp3) is 0.377. The van der Waals surface area contributed by atoms with Crippen LogP contribution in [0.1, 0.15) is 93.1 Å². The number of hydrogen-bond acceptors (Lipinski definition) is 16. The van der Waals surface area contributed by atoms with Crippen LogP contribution >= 0.6 is 0 Å². The number of imidazole rings is 1. The number of aliphatic hydroxyl groups is 1. The fourth-order valence-electron chi connectivity index (χ4n) is 8.30. The molecule has 1 aromatic heterocycles. The molecule has 15 N–H and O–H groups in total. The number of aliphatic hydroxyl groups excluding tert-OH is 1. The van der Waals surface area contributed by atoms with E-state index in [4.69, 9.17) is 15.3 Å². The normalized spacial score (nSPS) is 14.0. The first-order valence-corrected chi connectivity index (χ1v) is 25.4. The predicted molar refractivity (Wildman–Crippen MR) is 286 cm³/mol. The number of benzene rings is 3. The van der Waals surface area contributed by atoms with E-state index in [-0.39, 0.29) is 83.6 Å². The summed E-state index contributed by atoms with van der Waals surface area (Å²) in [5, 5.41) is 59.8. The van der Waals surface area contributed by atoms with Crippen LogP contribution < -0.4 is 53.7 Å². The number of carboxylic acids is 2. The average Bonchev–Trinajstić information content (AvgIpc) is 3.92. The highest BCUT2D eigenvalue weighted by Gasteiger charge is 2.34. The molecule has 2 heterocycles. The maximum atomic E-state index is 13.5. The first-order chi connectivity index (χ1) is 38.2. The zero-order valence-corrected chi connectivity index (χ0v) is 44.5. The van der Waals surface area contributed by atoms with Crippen LogP contribution in [0.3, 0.4) is 0 Å². The fourth-order valence-corrected chi connectivity index (χ4v) is 8.30. The van der Waals surface area contributed by atoms with E-state index in [1.807, 2.05) is 0 Å². The molecular weight excluding hydrogens is 1060 g/mol. The van der Waals surface area contributed by atoms with E-state index in [9.17, 15) is 72.9 Å². The third kappa shape index (κ3) is 17.4. The molecule has 0 bridgehead atoms. The van der Waals surface area contributed by atoms with Gasteiger partial charge in [0, 0.05) is 66.7 Å². The van der Waals surface area contributed by atoms with E-state index in [2.05, 4.69) is 52.5 Å². The number of phenolic OH excluding ortho intramolecular Hbond substituents is 1. The summed E-state index contributed by atoms with van der Waals surface area (Å²) in [7, 11) is 0. The number of nitrogens with one attached hydrogen (secondary N) is 9. The number of amides is 9. The highest BCUT2D eigenvalue weighted by molar-refractivity contribution is 6.09. The molecule has 28 nitrogen and oxygen atoms in total. The van der Waals surface area contributed by atoms with Gasteiger partial charge in [0.15, 0.2) is 5.43 Å². The molecule has 8 atom stereocenters. The van der Waals surface area contributed by atoms with E-state index in [1.165, 1.54) is 88.8 Å². The minimum atomic E-state index is -1.72. The number of carbonyl (C=O) groups is 11. The van der Waals surface area contributed by atoms with Crippen LogP contribution in [0, 0.1) is 0 Å². The van der Waals surface area contributed by atoms with Gasteiger partial charge in [-0.25, -0.2) is 9.78 Å². The van der Waals surface area contributed by atoms with Crippen molar-refractivity contribution in [1.29, 1.82) is 0 Å². The second kappa shape index (κ2) is 28.2. The summed E-state index contributed by atoms with van der Waals surface area (Å²) < 4.78 is 5.87. The highest BCUT2D eigenvalue weighted by atomic mass is 16.4. The number of H-pyrrole nitrogens is 1. The maximum absolute atomic E-state index is 13.5. The Bertz CT molecular complexity index is 3220. The van der Waals surface area contributed by atoms with Gasteiger partial charge in [-0.3, -0.25) is 52.7 Å². The van der Waals surface area contributed by atoms with Crippen LogP contribution in [0.4, 0.5) is 0 Å². The molecule has 0 fully saturated rings. The standard InChI is InChI=1S/C53H63N11O17/c1-24(46(72)59-26(3)48(74)64-44(27(4)65)52(78)63-39(19-30-22-55-23-57-30)51(77)62-37(45(54)71)15-16-42(69)70)58-47(73)25(2)60-50(76)38(61-28(5)66)8-6-7-17-56-49(75)29-9-12-33(36(18-29)53(79)80)43-34-13-10-31(67)20-40(34)81-41-21-32(68)11-14-35(41)43/h9-14,18,20-27,37-39,44,65,67H,6-8,15-17,19H2,1-5H3,(H2,54,71)(H,55,57)(H,56,75)(H,58,73)(H,59,72)(H,60,76)(H,61,66)(H,62,77)(H,63,78)(H,64,74)(H,69,70)(H,79,80)/t24-,25-,26-,27+,37-,38-,39-,44-/m1/s1. The van der Waals surface area contributed by atoms with Gasteiger partial charge in [0.2, 0.25) is 47.3 Å². The number of aromatic carboxylic acids is 1. The van der Waals surface area contributed by atoms with Gasteiger partial charge < -0.3 is 78.1 Å². The molecule has 0 unspecified atom stereocenters. The van der Waals surface area contributed by atoms with Crippen molar-refractivity contribution in [3.63, 3.8) is 0 Å². The Morgan fingerprint density at radius 2 is 1.30 bits per heavy atom. The lowest BCUT2D eigenvalue weighted by Crippen LogP contribution is -2.61. The molecule has 2 aliphatic rings. The van der Waals surface area contributed by atoms with E-state index < -0.39 is 120 Å². The third-order valence-electron chi connectivity index (χ3n) is 12.6. The number of aromatic amines is 1. The number of aromatic hydroxyl groups is 1. The van der Waals surface area contributed by atoms with Crippen LogP contribution in [-0.2, 0) is 49.6 Å². The SMILES string of the molecule is CC(=O)N[C@H](CCCCNC(=O)c1ccc(-c2c3ccc(=O)cc-3oc3cc(O)ccc23)c(C(=O)O)c1)C(=O)N[C@H](C)C(=O)N[C@H](C)C(=O)N[C@H](C)C(=O)N[C@@H](C(=O)N[C@H](Cc1c[nH]cn1)C(=O)N[C@H](CCC(=O)O)C(N)=O)[C@H](C)O. The van der Waals surface area contributed by atoms with Gasteiger partial charge in [-0.2, -0.15) is 0 Å². The van der Waals surface area contributed by atoms with Crippen molar-refractivity contribution in [3.05, 3.63) is 94.2 Å². The van der Waals surface area contributed by atoms with Crippen molar-refractivity contribution in [1.82, 2.24) is 52.5 Å². The molecule has 432 valence electrons. The number of aromatic nitrogens is 2. The minimum absolute atomic E-state index is 0.0126. The molecule has 28 heteroatoms. The lowest BCUT2D eigenvalue weighted by molar-refractivity contribution is -0.138. The van der Waals surface area contributed by atoms with E-state index in [1.54, 1.807) is 6.07 Å². The van der Waals surface area contributed by atoms with Crippen molar-refractivity contribution in [2.75, 3.05) is 6.54 Å². The van der Waals surface area contributed by atoms with Gasteiger partial charge in [-0.1, -0.05) is 6.07 Å². The number of carboxylic acid groups (broad SMARTS) is 2. The molecule has 5 rings (SSSR count). The number of phenols is 1. The maximum Gasteiger partial charge on any atom is 0.336 e. The molecule has 1 aliphatic carbocycles. The summed E-state index contributed by atoms with van der Waals surface area (Å²) in [6.07, 6.45) is 0.574. The number of aliphatic carboxylic acids is 1. The van der Waals surface area contributed by atoms with Crippen molar-refractivity contribution >= 4 is 76.1 Å². The second-order valence-corrected chi connectivity index (χ2v) is 19.0. The van der Waals surface area contributed by atoms with E-state index >= 15 is 0 Å². The Hall–Kier alpha value is -9.73. The average molecular weight is 1130 g/mol. The summed E-state index contributed by atoms with van der Waals surface area (Å²) in [5.41, 5.74) is 6.25. The number of rotatable bonds is 28. The summed E-state index contributed by atoms with van der Waals surface area (Å²) in [6, 6.07) is 2.65. The van der Waals surface area contributed by atoms with Crippen LogP contribution in [0.25, 0.3) is 33.4 Å². The third-order valence-corrected chi connectivity index (χ3v) is 12.6. The lowest BCUT2D eigenvalue weighted by atomic mass is 9.90. The number of fused-ring (bicyclic) bond motifs is 2. The van der Waals surface area contributed by atoms with Gasteiger partial charge in [0.1, 0.15) is 59.4 Å². The Morgan fingerprint density at radius 3 is 1.89 bits per heavy atom. The zero-order chi connectivity index (χ0) is 59.8. The molecule has 0 saturated heterocycles. The van der Waals surface area contributed by atoms with Gasteiger partial charge in [-0.15, -0.1) is 0 Å². The van der Waals surface area contributed by atoms with Gasteiger partial charge in [-0.05, 0) is 95.3 Å². The molecule has 2 aromatic carbocycles. The summed E-state index contributed by atoms with van der Waals surface area (Å²) in [4.78, 5) is 160. The van der Waals surface area contributed by atoms with Crippen LogP contribution in [0.2, 0.25) is 0 Å². The molecule has 0 saturated carbocycles. The van der Waals surface area contributed by atoms with E-state index in [0.29, 0.717) is 16.5 Å². The van der Waals surface area contributed by atoms with Gasteiger partial charge in [0.25, 0.3) is 5.91 Å². The number of hydrogen-bond donors (Lipinski definition) is 14. The Morgan fingerprint density at radius 1 is 0.679 bits per heavy atom. The smallest absolute Gasteiger partial charge is 0.336 e. The largest absolute Gasteiger partial charge is 0.508 e. The summed E-state index contributed by atoms with van der Waals surface area (Å²) >= 11 is 0. The number of primary amides is 1. The second-order valence-electron chi connectivity index (χ2n) is 19.0. The quantitative estimate of drug-likeness (QED) is 0.0212. The first-order valence-electron chi connectivity index (χ1n) is 25.4. The van der Waals surface area contributed by atoms with Crippen LogP contribution in [0.5, 0.6) is 5.75 Å². The molecular formula is C53H63N11O17. The van der Waals surface area contributed by atoms with Gasteiger partial charge >= 0.3 is 11.9 Å². The highest BCUT2D eigenvalue weighted by Crippen LogP contribution is 2.42. The molecule has 81 heavy (non-hydrogen) atoms. The number of carbonyl (C=O) groups excluding carboxylic acids is 9. The van der Waals surface area contributed by atoms with Gasteiger partial charge in [0.05, 0.1) is 23.7 Å². The molecule has 0 radical (unpaired) electrons. The Kier molecular flexibility index (Phi) is 21.7. The first kappa shape index (κ1) is 62.1. The Labute approximate surface area is 461 Å². The van der Waals surface area contributed by atoms with E-state index in [0.717, 1.165) is 6.92 Å². The number of nitrogens with two attached hydrogens (primary N) is 1.